The minimum absolute atomic E-state index is 0.416. The van der Waals surface area contributed by atoms with Crippen molar-refractivity contribution in [3.63, 3.8) is 0 Å². The van der Waals surface area contributed by atoms with Crippen molar-refractivity contribution in [2.24, 2.45) is 35.5 Å². The first kappa shape index (κ1) is 11.6. The van der Waals surface area contributed by atoms with Crippen LogP contribution in [0.25, 0.3) is 0 Å². The molecule has 5 aliphatic rings. The van der Waals surface area contributed by atoms with Crippen LogP contribution >= 0.6 is 0 Å². The highest BCUT2D eigenvalue weighted by atomic mass is 16.6. The fourth-order valence-corrected chi connectivity index (χ4v) is 7.06. The van der Waals surface area contributed by atoms with Crippen molar-refractivity contribution < 1.29 is 4.74 Å². The molecular weight excluding hydrogens is 232 g/mol. The standard InChI is InChI=1S/C18H28O/c1-2-4-13-12(3-1)5-6-15-14(13)7-8-17-16(15)9-10-18(17)11-19-18/h12-17H,1-11H2/t12?,13-,14+,15+,16-,17-,18?/m0/s1. The Labute approximate surface area is 117 Å². The smallest absolute Gasteiger partial charge is 0.0947 e. The van der Waals surface area contributed by atoms with Gasteiger partial charge < -0.3 is 4.74 Å². The Hall–Kier alpha value is -0.0400. The van der Waals surface area contributed by atoms with Crippen molar-refractivity contribution in [3.05, 3.63) is 0 Å². The molecule has 4 saturated carbocycles. The first-order valence-corrected chi connectivity index (χ1v) is 9.01. The lowest BCUT2D eigenvalue weighted by Crippen LogP contribution is -2.45. The van der Waals surface area contributed by atoms with Crippen molar-refractivity contribution in [3.8, 4) is 0 Å². The van der Waals surface area contributed by atoms with Gasteiger partial charge in [-0.05, 0) is 80.5 Å². The summed E-state index contributed by atoms with van der Waals surface area (Å²) in [6.45, 7) is 1.11. The number of epoxide rings is 1. The van der Waals surface area contributed by atoms with Crippen LogP contribution in [0.15, 0.2) is 0 Å². The summed E-state index contributed by atoms with van der Waals surface area (Å²) in [5, 5.41) is 0. The summed E-state index contributed by atoms with van der Waals surface area (Å²) in [6.07, 6.45) is 15.3. The molecule has 19 heavy (non-hydrogen) atoms. The molecule has 0 aromatic heterocycles. The van der Waals surface area contributed by atoms with E-state index >= 15 is 0 Å². The van der Waals surface area contributed by atoms with Gasteiger partial charge >= 0.3 is 0 Å². The number of rotatable bonds is 0. The summed E-state index contributed by atoms with van der Waals surface area (Å²) in [5.74, 6) is 6.50. The van der Waals surface area contributed by atoms with Gasteiger partial charge in [0.1, 0.15) is 0 Å². The molecule has 2 unspecified atom stereocenters. The molecule has 1 nitrogen and oxygen atoms in total. The van der Waals surface area contributed by atoms with Gasteiger partial charge in [0.2, 0.25) is 0 Å². The number of fused-ring (bicyclic) bond motifs is 6. The predicted octanol–water partition coefficient (Wildman–Crippen LogP) is 4.41. The van der Waals surface area contributed by atoms with Gasteiger partial charge in [0.25, 0.3) is 0 Å². The van der Waals surface area contributed by atoms with Crippen molar-refractivity contribution in [1.29, 1.82) is 0 Å². The van der Waals surface area contributed by atoms with Gasteiger partial charge in [-0.2, -0.15) is 0 Å². The van der Waals surface area contributed by atoms with Crippen molar-refractivity contribution in [2.45, 2.75) is 69.8 Å². The zero-order valence-electron chi connectivity index (χ0n) is 12.2. The van der Waals surface area contributed by atoms with E-state index in [0.717, 1.165) is 42.1 Å². The first-order chi connectivity index (χ1) is 9.37. The van der Waals surface area contributed by atoms with E-state index in [2.05, 4.69) is 0 Å². The largest absolute Gasteiger partial charge is 0.369 e. The predicted molar refractivity (Wildman–Crippen MR) is 75.8 cm³/mol. The maximum Gasteiger partial charge on any atom is 0.0947 e. The molecule has 5 rings (SSSR count). The number of hydrogen-bond donors (Lipinski definition) is 0. The van der Waals surface area contributed by atoms with Gasteiger partial charge in [-0.25, -0.2) is 0 Å². The maximum absolute atomic E-state index is 5.91. The summed E-state index contributed by atoms with van der Waals surface area (Å²) >= 11 is 0. The minimum atomic E-state index is 0.416. The molecule has 1 saturated heterocycles. The molecule has 7 atom stereocenters. The second-order valence-electron chi connectivity index (χ2n) is 8.35. The van der Waals surface area contributed by atoms with Crippen LogP contribution in [0.4, 0.5) is 0 Å². The maximum atomic E-state index is 5.91. The Morgan fingerprint density at radius 1 is 0.684 bits per heavy atom. The molecule has 1 aliphatic heterocycles. The van der Waals surface area contributed by atoms with E-state index in [1.807, 2.05) is 0 Å². The Morgan fingerprint density at radius 2 is 1.47 bits per heavy atom. The third-order valence-electron chi connectivity index (χ3n) is 7.91. The van der Waals surface area contributed by atoms with E-state index in [9.17, 15) is 0 Å². The van der Waals surface area contributed by atoms with Gasteiger partial charge in [0.05, 0.1) is 12.2 Å². The van der Waals surface area contributed by atoms with E-state index in [1.54, 1.807) is 32.1 Å². The molecule has 0 aromatic rings. The second-order valence-corrected chi connectivity index (χ2v) is 8.35. The first-order valence-electron chi connectivity index (χ1n) is 9.01. The topological polar surface area (TPSA) is 12.5 Å². The molecule has 1 spiro atoms. The Balaban J connectivity index is 1.41. The third-order valence-corrected chi connectivity index (χ3v) is 7.91. The monoisotopic (exact) mass is 260 g/mol. The molecule has 0 aromatic carbocycles. The molecule has 0 bridgehead atoms. The van der Waals surface area contributed by atoms with Crippen LogP contribution in [0, 0.1) is 35.5 Å². The number of ether oxygens (including phenoxy) is 1. The van der Waals surface area contributed by atoms with Crippen LogP contribution in [0.3, 0.4) is 0 Å². The van der Waals surface area contributed by atoms with Crippen molar-refractivity contribution in [1.82, 2.24) is 0 Å². The van der Waals surface area contributed by atoms with E-state index < -0.39 is 0 Å². The second kappa shape index (κ2) is 4.00. The number of hydrogen-bond acceptors (Lipinski definition) is 1. The average molecular weight is 260 g/mol. The molecule has 0 N–H and O–H groups in total. The average Bonchev–Trinajstić information content (AvgIpc) is 3.15. The van der Waals surface area contributed by atoms with Gasteiger partial charge in [-0.3, -0.25) is 0 Å². The molecule has 4 aliphatic carbocycles. The zero-order valence-corrected chi connectivity index (χ0v) is 12.2. The van der Waals surface area contributed by atoms with Gasteiger partial charge in [-0.1, -0.05) is 19.3 Å². The molecule has 106 valence electrons. The quantitative estimate of drug-likeness (QED) is 0.588. The minimum Gasteiger partial charge on any atom is -0.369 e. The van der Waals surface area contributed by atoms with Crippen LogP contribution in [0.1, 0.15) is 64.2 Å². The lowest BCUT2D eigenvalue weighted by Gasteiger charge is -2.52. The molecule has 1 heterocycles. The summed E-state index contributed by atoms with van der Waals surface area (Å²) < 4.78 is 5.91. The van der Waals surface area contributed by atoms with Crippen LogP contribution in [0.2, 0.25) is 0 Å². The summed E-state index contributed by atoms with van der Waals surface area (Å²) in [7, 11) is 0. The molecule has 5 fully saturated rings. The molecule has 1 heteroatoms. The molecule has 0 amide bonds. The third kappa shape index (κ3) is 1.57. The molecule has 0 radical (unpaired) electrons. The van der Waals surface area contributed by atoms with E-state index in [1.165, 1.54) is 32.1 Å². The van der Waals surface area contributed by atoms with E-state index in [0.29, 0.717) is 5.60 Å². The van der Waals surface area contributed by atoms with Gasteiger partial charge in [0.15, 0.2) is 0 Å². The fourth-order valence-electron chi connectivity index (χ4n) is 7.06. The van der Waals surface area contributed by atoms with E-state index in [4.69, 9.17) is 4.74 Å². The zero-order chi connectivity index (χ0) is 12.4. The highest BCUT2D eigenvalue weighted by Crippen LogP contribution is 2.63. The summed E-state index contributed by atoms with van der Waals surface area (Å²) in [6, 6.07) is 0. The fraction of sp³-hybridized carbons (Fsp3) is 1.00. The Kier molecular flexibility index (Phi) is 2.44. The lowest BCUT2D eigenvalue weighted by atomic mass is 9.53. The summed E-state index contributed by atoms with van der Waals surface area (Å²) in [5.41, 5.74) is 0.416. The van der Waals surface area contributed by atoms with Crippen LogP contribution in [-0.4, -0.2) is 12.2 Å². The molecular formula is C18H28O. The van der Waals surface area contributed by atoms with Crippen LogP contribution < -0.4 is 0 Å². The lowest BCUT2D eigenvalue weighted by molar-refractivity contribution is -0.0274. The van der Waals surface area contributed by atoms with Crippen LogP contribution in [-0.2, 0) is 4.74 Å². The van der Waals surface area contributed by atoms with Crippen molar-refractivity contribution in [2.75, 3.05) is 6.61 Å². The van der Waals surface area contributed by atoms with Crippen LogP contribution in [0.5, 0.6) is 0 Å². The SMILES string of the molecule is C1CC[C@H]2C(C1)CC[C@@H]1[C@@H]2CC[C@H]2[C@H]1CCC21CO1. The Bertz CT molecular complexity index is 372. The Morgan fingerprint density at radius 3 is 2.37 bits per heavy atom. The highest BCUT2D eigenvalue weighted by Gasteiger charge is 2.62. The normalized spacial score (nSPS) is 59.4. The van der Waals surface area contributed by atoms with Gasteiger partial charge in [-0.15, -0.1) is 0 Å². The van der Waals surface area contributed by atoms with E-state index in [-0.39, 0.29) is 0 Å². The summed E-state index contributed by atoms with van der Waals surface area (Å²) in [4.78, 5) is 0. The van der Waals surface area contributed by atoms with Gasteiger partial charge in [0, 0.05) is 0 Å². The van der Waals surface area contributed by atoms with Crippen molar-refractivity contribution >= 4 is 0 Å². The highest BCUT2D eigenvalue weighted by molar-refractivity contribution is 5.11.